The zero-order valence-electron chi connectivity index (χ0n) is 12.4. The van der Waals surface area contributed by atoms with Crippen molar-refractivity contribution in [1.29, 1.82) is 0 Å². The molecule has 1 rings (SSSR count). The van der Waals surface area contributed by atoms with Crippen LogP contribution < -0.4 is 10.6 Å². The van der Waals surface area contributed by atoms with Gasteiger partial charge in [-0.3, -0.25) is 14.5 Å². The van der Waals surface area contributed by atoms with Crippen LogP contribution in [0.5, 0.6) is 0 Å². The molecule has 0 bridgehead atoms. The van der Waals surface area contributed by atoms with Crippen LogP contribution in [-0.4, -0.2) is 52.6 Å². The minimum absolute atomic E-state index is 0.0432. The Bertz CT molecular complexity index is 412. The fourth-order valence-corrected chi connectivity index (χ4v) is 1.87. The Kier molecular flexibility index (Phi) is 5.10. The fourth-order valence-electron chi connectivity index (χ4n) is 1.87. The molecule has 7 heteroatoms. The smallest absolute Gasteiger partial charge is 0.325 e. The number of amides is 4. The van der Waals surface area contributed by atoms with E-state index in [1.165, 1.54) is 0 Å². The number of nitrogens with one attached hydrogen (secondary N) is 2. The number of imide groups is 1. The first-order valence-corrected chi connectivity index (χ1v) is 6.79. The SMILES string of the molecule is CCC1(C)NC(=O)N(CC(=O)NC(C)C(C)CO)C1=O. The van der Waals surface area contributed by atoms with Gasteiger partial charge in [-0.15, -0.1) is 0 Å². The number of nitrogens with zero attached hydrogens (tertiary/aromatic N) is 1. The Labute approximate surface area is 118 Å². The number of aliphatic hydroxyl groups excluding tert-OH is 1. The van der Waals surface area contributed by atoms with Gasteiger partial charge in [0.05, 0.1) is 0 Å². The van der Waals surface area contributed by atoms with E-state index in [9.17, 15) is 14.4 Å². The molecule has 0 aromatic rings. The van der Waals surface area contributed by atoms with Crippen molar-refractivity contribution in [2.45, 2.75) is 45.7 Å². The second-order valence-corrected chi connectivity index (χ2v) is 5.52. The third-order valence-corrected chi connectivity index (χ3v) is 3.88. The lowest BCUT2D eigenvalue weighted by Crippen LogP contribution is -2.47. The van der Waals surface area contributed by atoms with Crippen LogP contribution in [0.4, 0.5) is 4.79 Å². The maximum absolute atomic E-state index is 12.1. The molecule has 1 saturated heterocycles. The molecule has 1 aliphatic rings. The summed E-state index contributed by atoms with van der Waals surface area (Å²) in [6.45, 7) is 6.66. The van der Waals surface area contributed by atoms with Crippen LogP contribution in [0, 0.1) is 5.92 Å². The molecule has 0 saturated carbocycles. The molecule has 114 valence electrons. The molecule has 0 spiro atoms. The van der Waals surface area contributed by atoms with Gasteiger partial charge in [0.15, 0.2) is 0 Å². The Morgan fingerprint density at radius 1 is 1.45 bits per heavy atom. The summed E-state index contributed by atoms with van der Waals surface area (Å²) in [6, 6.07) is -0.775. The van der Waals surface area contributed by atoms with Crippen LogP contribution in [0.25, 0.3) is 0 Å². The van der Waals surface area contributed by atoms with Crippen molar-refractivity contribution in [2.75, 3.05) is 13.2 Å². The van der Waals surface area contributed by atoms with Gasteiger partial charge in [0, 0.05) is 12.6 Å². The number of carbonyl (C=O) groups is 3. The van der Waals surface area contributed by atoms with E-state index in [2.05, 4.69) is 10.6 Å². The molecule has 0 aliphatic carbocycles. The van der Waals surface area contributed by atoms with E-state index in [1.54, 1.807) is 27.7 Å². The highest BCUT2D eigenvalue weighted by molar-refractivity contribution is 6.08. The maximum Gasteiger partial charge on any atom is 0.325 e. The lowest BCUT2D eigenvalue weighted by atomic mass is 9.99. The molecule has 0 aromatic carbocycles. The molecular formula is C13H23N3O4. The minimum atomic E-state index is -0.929. The Hall–Kier alpha value is -1.63. The predicted molar refractivity (Wildman–Crippen MR) is 72.8 cm³/mol. The Balaban J connectivity index is 2.63. The molecule has 1 aliphatic heterocycles. The first-order valence-electron chi connectivity index (χ1n) is 6.79. The molecule has 4 amide bonds. The Morgan fingerprint density at radius 2 is 2.05 bits per heavy atom. The van der Waals surface area contributed by atoms with Crippen molar-refractivity contribution in [3.63, 3.8) is 0 Å². The summed E-state index contributed by atoms with van der Waals surface area (Å²) in [5, 5.41) is 14.3. The molecule has 3 N–H and O–H groups in total. The summed E-state index contributed by atoms with van der Waals surface area (Å²) < 4.78 is 0. The molecule has 1 fully saturated rings. The standard InChI is InChI=1S/C13H23N3O4/c1-5-13(4)11(19)16(12(20)15-13)6-10(18)14-9(3)8(2)7-17/h8-9,17H,5-7H2,1-4H3,(H,14,18)(H,15,20). The van der Waals surface area contributed by atoms with Gasteiger partial charge in [0.25, 0.3) is 5.91 Å². The highest BCUT2D eigenvalue weighted by atomic mass is 16.3. The van der Waals surface area contributed by atoms with Gasteiger partial charge in [-0.05, 0) is 26.2 Å². The van der Waals surface area contributed by atoms with Gasteiger partial charge in [-0.25, -0.2) is 4.79 Å². The monoisotopic (exact) mass is 285 g/mol. The lowest BCUT2D eigenvalue weighted by Gasteiger charge is -2.21. The van der Waals surface area contributed by atoms with E-state index in [1.807, 2.05) is 0 Å². The van der Waals surface area contributed by atoms with Crippen molar-refractivity contribution in [3.05, 3.63) is 0 Å². The normalized spacial score (nSPS) is 25.4. The van der Waals surface area contributed by atoms with Crippen LogP contribution in [-0.2, 0) is 9.59 Å². The maximum atomic E-state index is 12.1. The first-order chi connectivity index (χ1) is 9.25. The second kappa shape index (κ2) is 6.21. The number of urea groups is 1. The van der Waals surface area contributed by atoms with E-state index in [0.717, 1.165) is 4.90 Å². The van der Waals surface area contributed by atoms with Crippen molar-refractivity contribution in [1.82, 2.24) is 15.5 Å². The van der Waals surface area contributed by atoms with Crippen LogP contribution in [0.3, 0.4) is 0 Å². The molecular weight excluding hydrogens is 262 g/mol. The summed E-state index contributed by atoms with van der Waals surface area (Å²) >= 11 is 0. The van der Waals surface area contributed by atoms with Crippen molar-refractivity contribution in [2.24, 2.45) is 5.92 Å². The average molecular weight is 285 g/mol. The fraction of sp³-hybridized carbons (Fsp3) is 0.769. The Morgan fingerprint density at radius 3 is 2.50 bits per heavy atom. The first kappa shape index (κ1) is 16.4. The topological polar surface area (TPSA) is 98.7 Å². The summed E-state index contributed by atoms with van der Waals surface area (Å²) in [4.78, 5) is 36.6. The number of rotatable bonds is 6. The number of carbonyl (C=O) groups excluding carboxylic acids is 3. The van der Waals surface area contributed by atoms with Crippen molar-refractivity contribution < 1.29 is 19.5 Å². The van der Waals surface area contributed by atoms with Crippen LogP contribution >= 0.6 is 0 Å². The molecule has 3 atom stereocenters. The van der Waals surface area contributed by atoms with Crippen molar-refractivity contribution in [3.8, 4) is 0 Å². The molecule has 20 heavy (non-hydrogen) atoms. The molecule has 3 unspecified atom stereocenters. The quantitative estimate of drug-likeness (QED) is 0.591. The average Bonchev–Trinajstić information content (AvgIpc) is 2.62. The van der Waals surface area contributed by atoms with E-state index in [4.69, 9.17) is 5.11 Å². The van der Waals surface area contributed by atoms with Crippen molar-refractivity contribution >= 4 is 17.8 Å². The van der Waals surface area contributed by atoms with Gasteiger partial charge >= 0.3 is 6.03 Å². The molecule has 0 aromatic heterocycles. The number of hydrogen-bond donors (Lipinski definition) is 3. The molecule has 0 radical (unpaired) electrons. The van der Waals surface area contributed by atoms with Gasteiger partial charge in [-0.2, -0.15) is 0 Å². The zero-order valence-corrected chi connectivity index (χ0v) is 12.4. The number of hydrogen-bond acceptors (Lipinski definition) is 4. The molecule has 1 heterocycles. The molecule has 7 nitrogen and oxygen atoms in total. The summed E-state index contributed by atoms with van der Waals surface area (Å²) in [5.74, 6) is -0.896. The van der Waals surface area contributed by atoms with Crippen LogP contribution in [0.1, 0.15) is 34.1 Å². The zero-order chi connectivity index (χ0) is 15.5. The minimum Gasteiger partial charge on any atom is -0.396 e. The van der Waals surface area contributed by atoms with E-state index < -0.39 is 17.5 Å². The van der Waals surface area contributed by atoms with E-state index in [-0.39, 0.29) is 31.0 Å². The van der Waals surface area contributed by atoms with Gasteiger partial charge in [0.2, 0.25) is 5.91 Å². The third-order valence-electron chi connectivity index (χ3n) is 3.88. The van der Waals surface area contributed by atoms with Gasteiger partial charge in [-0.1, -0.05) is 13.8 Å². The largest absolute Gasteiger partial charge is 0.396 e. The third kappa shape index (κ3) is 3.27. The van der Waals surface area contributed by atoms with Gasteiger partial charge < -0.3 is 15.7 Å². The van der Waals surface area contributed by atoms with Crippen LogP contribution in [0.2, 0.25) is 0 Å². The highest BCUT2D eigenvalue weighted by Gasteiger charge is 2.47. The second-order valence-electron chi connectivity index (χ2n) is 5.52. The van der Waals surface area contributed by atoms with E-state index in [0.29, 0.717) is 6.42 Å². The van der Waals surface area contributed by atoms with Crippen LogP contribution in [0.15, 0.2) is 0 Å². The summed E-state index contributed by atoms with van der Waals surface area (Å²) in [7, 11) is 0. The lowest BCUT2D eigenvalue weighted by molar-refractivity contribution is -0.134. The number of aliphatic hydroxyl groups is 1. The van der Waals surface area contributed by atoms with Gasteiger partial charge in [0.1, 0.15) is 12.1 Å². The predicted octanol–water partition coefficient (Wildman–Crippen LogP) is -0.160. The van der Waals surface area contributed by atoms with E-state index >= 15 is 0 Å². The summed E-state index contributed by atoms with van der Waals surface area (Å²) in [6.07, 6.45) is 0.466. The summed E-state index contributed by atoms with van der Waals surface area (Å²) in [5.41, 5.74) is -0.929. The highest BCUT2D eigenvalue weighted by Crippen LogP contribution is 2.20.